The average molecular weight is 319 g/mol. The highest BCUT2D eigenvalue weighted by Gasteiger charge is 2.20. The van der Waals surface area contributed by atoms with Crippen LogP contribution in [0.5, 0.6) is 0 Å². The third-order valence-electron chi connectivity index (χ3n) is 5.79. The van der Waals surface area contributed by atoms with Crippen LogP contribution < -0.4 is 0 Å². The zero-order chi connectivity index (χ0) is 16.4. The van der Waals surface area contributed by atoms with Crippen molar-refractivity contribution in [2.75, 3.05) is 0 Å². The van der Waals surface area contributed by atoms with E-state index in [0.717, 1.165) is 0 Å². The molecule has 126 valence electrons. The molecule has 0 saturated heterocycles. The first kappa shape index (κ1) is 15.7. The zero-order valence-corrected chi connectivity index (χ0v) is 15.0. The molecular formula is C23H29N. The predicted molar refractivity (Wildman–Crippen MR) is 104 cm³/mol. The summed E-state index contributed by atoms with van der Waals surface area (Å²) in [5.74, 6) is 0. The SMILES string of the molecule is Cc1c(C2=CCCCCC2)c2ccccn2c1C1=CCCCCC1. The van der Waals surface area contributed by atoms with Gasteiger partial charge >= 0.3 is 0 Å². The normalized spacial score (nSPS) is 19.5. The van der Waals surface area contributed by atoms with E-state index in [-0.39, 0.29) is 0 Å². The van der Waals surface area contributed by atoms with E-state index < -0.39 is 0 Å². The molecule has 0 unspecified atom stereocenters. The zero-order valence-electron chi connectivity index (χ0n) is 15.0. The average Bonchev–Trinajstić information content (AvgIpc) is 2.88. The Balaban J connectivity index is 1.90. The number of hydrogen-bond donors (Lipinski definition) is 0. The van der Waals surface area contributed by atoms with Gasteiger partial charge in [-0.15, -0.1) is 0 Å². The van der Waals surface area contributed by atoms with Gasteiger partial charge in [0.25, 0.3) is 0 Å². The van der Waals surface area contributed by atoms with Crippen LogP contribution in [0.4, 0.5) is 0 Å². The number of rotatable bonds is 2. The highest BCUT2D eigenvalue weighted by Crippen LogP contribution is 2.38. The monoisotopic (exact) mass is 319 g/mol. The van der Waals surface area contributed by atoms with E-state index in [1.54, 1.807) is 11.1 Å². The van der Waals surface area contributed by atoms with Gasteiger partial charge in [0.2, 0.25) is 0 Å². The Morgan fingerprint density at radius 2 is 1.50 bits per heavy atom. The summed E-state index contributed by atoms with van der Waals surface area (Å²) in [6.45, 7) is 2.36. The molecule has 0 N–H and O–H groups in total. The van der Waals surface area contributed by atoms with Gasteiger partial charge in [-0.2, -0.15) is 0 Å². The van der Waals surface area contributed by atoms with Crippen molar-refractivity contribution in [3.8, 4) is 0 Å². The standard InChI is InChI=1S/C23H29N/c1-18-22(19-12-6-2-3-7-13-19)21-16-10-11-17-24(21)23(18)20-14-8-4-5-9-15-20/h10-12,14,16-17H,2-9,13,15H2,1H3. The van der Waals surface area contributed by atoms with Gasteiger partial charge in [-0.25, -0.2) is 0 Å². The fourth-order valence-corrected chi connectivity index (χ4v) is 4.61. The van der Waals surface area contributed by atoms with Crippen LogP contribution in [-0.2, 0) is 0 Å². The van der Waals surface area contributed by atoms with Crippen LogP contribution in [0.25, 0.3) is 16.7 Å². The molecule has 2 aliphatic carbocycles. The van der Waals surface area contributed by atoms with Crippen LogP contribution in [0, 0.1) is 6.92 Å². The molecule has 0 bridgehead atoms. The van der Waals surface area contributed by atoms with Crippen molar-refractivity contribution >= 4 is 16.7 Å². The van der Waals surface area contributed by atoms with Gasteiger partial charge in [0.05, 0.1) is 11.2 Å². The summed E-state index contributed by atoms with van der Waals surface area (Å²) in [7, 11) is 0. The fraction of sp³-hybridized carbons (Fsp3) is 0.478. The molecule has 0 aromatic carbocycles. The number of allylic oxidation sites excluding steroid dienone is 4. The van der Waals surface area contributed by atoms with Crippen molar-refractivity contribution in [2.45, 2.75) is 71.1 Å². The summed E-state index contributed by atoms with van der Waals surface area (Å²) in [6.07, 6.45) is 20.4. The second-order valence-corrected chi connectivity index (χ2v) is 7.46. The van der Waals surface area contributed by atoms with Crippen molar-refractivity contribution in [1.29, 1.82) is 0 Å². The Bertz CT molecular complexity index is 723. The van der Waals surface area contributed by atoms with Crippen LogP contribution in [0.2, 0.25) is 0 Å². The van der Waals surface area contributed by atoms with Crippen LogP contribution >= 0.6 is 0 Å². The number of fused-ring (bicyclic) bond motifs is 1. The summed E-state index contributed by atoms with van der Waals surface area (Å²) in [5.41, 5.74) is 9.08. The van der Waals surface area contributed by atoms with E-state index in [1.165, 1.54) is 86.5 Å². The molecular weight excluding hydrogens is 290 g/mol. The van der Waals surface area contributed by atoms with E-state index in [4.69, 9.17) is 0 Å². The first-order chi connectivity index (χ1) is 11.9. The third kappa shape index (κ3) is 2.85. The van der Waals surface area contributed by atoms with Gasteiger partial charge in [0.15, 0.2) is 0 Å². The van der Waals surface area contributed by atoms with Gasteiger partial charge in [-0.3, -0.25) is 0 Å². The lowest BCUT2D eigenvalue weighted by molar-refractivity contribution is 0.719. The molecule has 2 heterocycles. The number of aromatic nitrogens is 1. The summed E-state index contributed by atoms with van der Waals surface area (Å²) >= 11 is 0. The van der Waals surface area contributed by atoms with Crippen molar-refractivity contribution in [2.24, 2.45) is 0 Å². The fourth-order valence-electron chi connectivity index (χ4n) is 4.61. The maximum Gasteiger partial charge on any atom is 0.0534 e. The topological polar surface area (TPSA) is 4.41 Å². The molecule has 4 rings (SSSR count). The van der Waals surface area contributed by atoms with Crippen LogP contribution in [0.3, 0.4) is 0 Å². The number of nitrogens with zero attached hydrogens (tertiary/aromatic N) is 1. The minimum Gasteiger partial charge on any atom is -0.316 e. The van der Waals surface area contributed by atoms with Crippen LogP contribution in [0.15, 0.2) is 36.5 Å². The van der Waals surface area contributed by atoms with E-state index in [2.05, 4.69) is 47.9 Å². The largest absolute Gasteiger partial charge is 0.316 e. The van der Waals surface area contributed by atoms with Crippen molar-refractivity contribution in [3.05, 3.63) is 53.4 Å². The molecule has 1 heteroatoms. The number of pyridine rings is 1. The molecule has 0 spiro atoms. The Labute approximate surface area is 146 Å². The van der Waals surface area contributed by atoms with E-state index >= 15 is 0 Å². The van der Waals surface area contributed by atoms with Crippen molar-refractivity contribution in [3.63, 3.8) is 0 Å². The Hall–Kier alpha value is -1.76. The minimum atomic E-state index is 1.24. The summed E-state index contributed by atoms with van der Waals surface area (Å²) in [5, 5.41) is 0. The molecule has 0 fully saturated rings. The van der Waals surface area contributed by atoms with Crippen molar-refractivity contribution < 1.29 is 0 Å². The molecule has 1 nitrogen and oxygen atoms in total. The smallest absolute Gasteiger partial charge is 0.0534 e. The summed E-state index contributed by atoms with van der Waals surface area (Å²) in [6, 6.07) is 6.69. The molecule has 0 aliphatic heterocycles. The molecule has 0 atom stereocenters. The molecule has 0 saturated carbocycles. The highest BCUT2D eigenvalue weighted by atomic mass is 14.9. The lowest BCUT2D eigenvalue weighted by Crippen LogP contribution is -1.93. The van der Waals surface area contributed by atoms with E-state index in [9.17, 15) is 0 Å². The predicted octanol–water partition coefficient (Wildman–Crippen LogP) is 6.94. The molecule has 0 amide bonds. The Kier molecular flexibility index (Phi) is 4.60. The highest BCUT2D eigenvalue weighted by molar-refractivity contribution is 5.86. The molecule has 2 aromatic rings. The van der Waals surface area contributed by atoms with Gasteiger partial charge < -0.3 is 4.40 Å². The Morgan fingerprint density at radius 3 is 2.29 bits per heavy atom. The lowest BCUT2D eigenvalue weighted by Gasteiger charge is -2.09. The first-order valence-electron chi connectivity index (χ1n) is 9.85. The molecule has 2 aliphatic rings. The van der Waals surface area contributed by atoms with Crippen LogP contribution in [0.1, 0.15) is 81.0 Å². The van der Waals surface area contributed by atoms with Gasteiger partial charge in [0, 0.05) is 11.8 Å². The van der Waals surface area contributed by atoms with E-state index in [0.29, 0.717) is 0 Å². The van der Waals surface area contributed by atoms with Crippen LogP contribution in [-0.4, -0.2) is 4.40 Å². The van der Waals surface area contributed by atoms with Crippen molar-refractivity contribution in [1.82, 2.24) is 4.40 Å². The third-order valence-corrected chi connectivity index (χ3v) is 5.79. The second kappa shape index (κ2) is 7.01. The molecule has 0 radical (unpaired) electrons. The second-order valence-electron chi connectivity index (χ2n) is 7.46. The quantitative estimate of drug-likeness (QED) is 0.564. The molecule has 24 heavy (non-hydrogen) atoms. The minimum absolute atomic E-state index is 1.24. The number of hydrogen-bond acceptors (Lipinski definition) is 0. The maximum absolute atomic E-state index is 2.52. The summed E-state index contributed by atoms with van der Waals surface area (Å²) < 4.78 is 2.47. The maximum atomic E-state index is 2.52. The molecule has 2 aromatic heterocycles. The van der Waals surface area contributed by atoms with Gasteiger partial charge in [-0.05, 0) is 87.1 Å². The van der Waals surface area contributed by atoms with Gasteiger partial charge in [0.1, 0.15) is 0 Å². The first-order valence-corrected chi connectivity index (χ1v) is 9.85. The Morgan fingerprint density at radius 1 is 0.792 bits per heavy atom. The van der Waals surface area contributed by atoms with E-state index in [1.807, 2.05) is 0 Å². The van der Waals surface area contributed by atoms with Gasteiger partial charge in [-0.1, -0.05) is 31.1 Å². The summed E-state index contributed by atoms with van der Waals surface area (Å²) in [4.78, 5) is 0. The lowest BCUT2D eigenvalue weighted by atomic mass is 9.95.